The fourth-order valence-electron chi connectivity index (χ4n) is 0.699. The molecular formula is C6H7NaO5. The Hall–Kier alpha value is -0.520. The number of hydrogen-bond acceptors (Lipinski definition) is 5. The average Bonchev–Trinajstić information content (AvgIpc) is 2.30. The first kappa shape index (κ1) is 11.5. The first-order valence-corrected chi connectivity index (χ1v) is 2.84. The van der Waals surface area contributed by atoms with Crippen LogP contribution in [-0.2, 0) is 19.1 Å². The molecule has 0 saturated carbocycles. The van der Waals surface area contributed by atoms with E-state index in [4.69, 9.17) is 5.11 Å². The van der Waals surface area contributed by atoms with Crippen molar-refractivity contribution in [2.45, 2.75) is 0 Å². The Labute approximate surface area is 92.1 Å². The van der Waals surface area contributed by atoms with Crippen LogP contribution in [0.1, 0.15) is 1.43 Å². The standard InChI is InChI=1S/C6H6O5.Na.H/c1-10-5(8)4-3(7)2-11-6(4)9;;/h7H,2H2,1H3;;/q;+1;-1. The van der Waals surface area contributed by atoms with E-state index in [9.17, 15) is 9.59 Å². The van der Waals surface area contributed by atoms with Crippen LogP contribution in [0.15, 0.2) is 11.3 Å². The third-order valence-electron chi connectivity index (χ3n) is 1.22. The van der Waals surface area contributed by atoms with Crippen LogP contribution in [0, 0.1) is 0 Å². The maximum atomic E-state index is 10.7. The van der Waals surface area contributed by atoms with Gasteiger partial charge in [0.05, 0.1) is 7.11 Å². The number of aliphatic hydroxyl groups excluding tert-OH is 1. The van der Waals surface area contributed by atoms with Crippen LogP contribution in [0.5, 0.6) is 0 Å². The zero-order valence-corrected chi connectivity index (χ0v) is 8.79. The van der Waals surface area contributed by atoms with Crippen molar-refractivity contribution in [2.75, 3.05) is 13.7 Å². The molecule has 0 aromatic rings. The van der Waals surface area contributed by atoms with Crippen LogP contribution in [0.25, 0.3) is 0 Å². The number of ether oxygens (including phenoxy) is 2. The van der Waals surface area contributed by atoms with Crippen LogP contribution in [0.4, 0.5) is 0 Å². The minimum absolute atomic E-state index is 0. The fourth-order valence-corrected chi connectivity index (χ4v) is 0.699. The zero-order valence-electron chi connectivity index (χ0n) is 7.79. The third kappa shape index (κ3) is 2.00. The molecule has 0 saturated heterocycles. The number of carbonyl (C=O) groups excluding carboxylic acids is 2. The summed E-state index contributed by atoms with van der Waals surface area (Å²) >= 11 is 0. The topological polar surface area (TPSA) is 72.8 Å². The number of esters is 2. The summed E-state index contributed by atoms with van der Waals surface area (Å²) in [6.45, 7) is -0.247. The van der Waals surface area contributed by atoms with Gasteiger partial charge in [-0.15, -0.1) is 0 Å². The van der Waals surface area contributed by atoms with Crippen LogP contribution in [-0.4, -0.2) is 30.8 Å². The molecule has 0 amide bonds. The smallest absolute Gasteiger partial charge is 1.00 e. The van der Waals surface area contributed by atoms with Crippen molar-refractivity contribution in [1.29, 1.82) is 0 Å². The Morgan fingerprint density at radius 3 is 2.67 bits per heavy atom. The molecule has 0 aromatic heterocycles. The van der Waals surface area contributed by atoms with Crippen molar-refractivity contribution in [3.05, 3.63) is 11.3 Å². The summed E-state index contributed by atoms with van der Waals surface area (Å²) in [5, 5.41) is 8.89. The normalized spacial score (nSPS) is 15.2. The molecule has 6 heteroatoms. The van der Waals surface area contributed by atoms with E-state index in [2.05, 4.69) is 9.47 Å². The summed E-state index contributed by atoms with van der Waals surface area (Å²) in [5.41, 5.74) is -0.410. The molecule has 0 atom stereocenters. The Morgan fingerprint density at radius 1 is 1.75 bits per heavy atom. The molecule has 1 aliphatic rings. The van der Waals surface area contributed by atoms with E-state index in [0.29, 0.717) is 0 Å². The largest absolute Gasteiger partial charge is 1.00 e. The minimum Gasteiger partial charge on any atom is -1.00 e. The van der Waals surface area contributed by atoms with E-state index in [-0.39, 0.29) is 43.3 Å². The van der Waals surface area contributed by atoms with E-state index in [1.54, 1.807) is 0 Å². The molecule has 0 radical (unpaired) electrons. The fraction of sp³-hybridized carbons (Fsp3) is 0.333. The summed E-state index contributed by atoms with van der Waals surface area (Å²) in [5.74, 6) is -2.08. The first-order chi connectivity index (χ1) is 5.16. The summed E-state index contributed by atoms with van der Waals surface area (Å²) in [7, 11) is 1.12. The molecule has 0 spiro atoms. The van der Waals surface area contributed by atoms with Gasteiger partial charge >= 0.3 is 41.5 Å². The molecule has 0 unspecified atom stereocenters. The molecule has 0 fully saturated rings. The summed E-state index contributed by atoms with van der Waals surface area (Å²) in [6, 6.07) is 0. The molecule has 1 heterocycles. The first-order valence-electron chi connectivity index (χ1n) is 2.84. The molecule has 62 valence electrons. The van der Waals surface area contributed by atoms with Gasteiger partial charge in [-0.25, -0.2) is 9.59 Å². The number of cyclic esters (lactones) is 1. The maximum absolute atomic E-state index is 10.7. The number of rotatable bonds is 1. The maximum Gasteiger partial charge on any atom is 1.00 e. The molecule has 1 aliphatic heterocycles. The Balaban J connectivity index is 0. The van der Waals surface area contributed by atoms with Gasteiger partial charge in [-0.05, 0) is 0 Å². The van der Waals surface area contributed by atoms with Crippen molar-refractivity contribution in [2.24, 2.45) is 0 Å². The van der Waals surface area contributed by atoms with Gasteiger partial charge in [0.15, 0.2) is 11.3 Å². The summed E-state index contributed by atoms with van der Waals surface area (Å²) in [6.07, 6.45) is 0. The predicted molar refractivity (Wildman–Crippen MR) is 33.7 cm³/mol. The Kier molecular flexibility index (Phi) is 4.30. The van der Waals surface area contributed by atoms with Crippen molar-refractivity contribution in [3.63, 3.8) is 0 Å². The average molecular weight is 182 g/mol. The molecule has 0 bridgehead atoms. The van der Waals surface area contributed by atoms with Crippen LogP contribution in [0.3, 0.4) is 0 Å². The van der Waals surface area contributed by atoms with Crippen molar-refractivity contribution in [1.82, 2.24) is 0 Å². The predicted octanol–water partition coefficient (Wildman–Crippen LogP) is -3.36. The van der Waals surface area contributed by atoms with E-state index in [1.807, 2.05) is 0 Å². The number of methoxy groups -OCH3 is 1. The van der Waals surface area contributed by atoms with Gasteiger partial charge in [-0.2, -0.15) is 0 Å². The van der Waals surface area contributed by atoms with Crippen LogP contribution in [0.2, 0.25) is 0 Å². The minimum atomic E-state index is -0.870. The van der Waals surface area contributed by atoms with E-state index >= 15 is 0 Å². The molecule has 0 aromatic carbocycles. The van der Waals surface area contributed by atoms with Gasteiger partial charge in [0.1, 0.15) is 6.61 Å². The van der Waals surface area contributed by atoms with E-state index < -0.39 is 17.5 Å². The SMILES string of the molecule is COC(=O)C1=C(O)COC1=O.[H-].[Na+]. The second-order valence-electron chi connectivity index (χ2n) is 1.89. The van der Waals surface area contributed by atoms with Crippen LogP contribution >= 0.6 is 0 Å². The second kappa shape index (κ2) is 4.49. The third-order valence-corrected chi connectivity index (χ3v) is 1.22. The summed E-state index contributed by atoms with van der Waals surface area (Å²) in [4.78, 5) is 21.3. The summed E-state index contributed by atoms with van der Waals surface area (Å²) < 4.78 is 8.55. The van der Waals surface area contributed by atoms with Gasteiger partial charge in [0.2, 0.25) is 0 Å². The monoisotopic (exact) mass is 182 g/mol. The van der Waals surface area contributed by atoms with Crippen molar-refractivity contribution >= 4 is 11.9 Å². The Bertz CT molecular complexity index is 249. The van der Waals surface area contributed by atoms with Crippen LogP contribution < -0.4 is 29.6 Å². The van der Waals surface area contributed by atoms with Gasteiger partial charge in [0, 0.05) is 0 Å². The van der Waals surface area contributed by atoms with Gasteiger partial charge in [0.25, 0.3) is 0 Å². The molecule has 1 N–H and O–H groups in total. The second-order valence-corrected chi connectivity index (χ2v) is 1.89. The van der Waals surface area contributed by atoms with Gasteiger partial charge < -0.3 is 16.0 Å². The molecule has 0 aliphatic carbocycles. The Morgan fingerprint density at radius 2 is 2.33 bits per heavy atom. The van der Waals surface area contributed by atoms with Gasteiger partial charge in [-0.1, -0.05) is 0 Å². The number of carbonyl (C=O) groups is 2. The van der Waals surface area contributed by atoms with Gasteiger partial charge in [-0.3, -0.25) is 0 Å². The van der Waals surface area contributed by atoms with E-state index in [0.717, 1.165) is 7.11 Å². The molecule has 12 heavy (non-hydrogen) atoms. The molecular weight excluding hydrogens is 175 g/mol. The van der Waals surface area contributed by atoms with E-state index in [1.165, 1.54) is 0 Å². The number of hydrogen-bond donors (Lipinski definition) is 1. The van der Waals surface area contributed by atoms with Crippen molar-refractivity contribution < 1.29 is 55.2 Å². The van der Waals surface area contributed by atoms with Crippen molar-refractivity contribution in [3.8, 4) is 0 Å². The zero-order chi connectivity index (χ0) is 8.43. The molecule has 5 nitrogen and oxygen atoms in total. The number of aliphatic hydroxyl groups is 1. The quantitative estimate of drug-likeness (QED) is 0.260. The molecule has 1 rings (SSSR count).